The van der Waals surface area contributed by atoms with Gasteiger partial charge in [0.25, 0.3) is 0 Å². The molecule has 0 unspecified atom stereocenters. The molecular formula is C28H27N5O4S. The molecule has 2 saturated heterocycles. The molecule has 0 spiro atoms. The molecule has 194 valence electrons. The van der Waals surface area contributed by atoms with E-state index < -0.39 is 6.09 Å². The Morgan fingerprint density at radius 3 is 2.66 bits per heavy atom. The molecule has 3 aliphatic heterocycles. The van der Waals surface area contributed by atoms with Crippen molar-refractivity contribution in [3.8, 4) is 17.2 Å². The first-order chi connectivity index (χ1) is 18.4. The van der Waals surface area contributed by atoms with Gasteiger partial charge in [0.05, 0.1) is 27.9 Å². The van der Waals surface area contributed by atoms with E-state index >= 15 is 0 Å². The Hall–Kier alpha value is -3.97. The summed E-state index contributed by atoms with van der Waals surface area (Å²) in [5, 5.41) is 19.4. The number of nitriles is 1. The highest BCUT2D eigenvalue weighted by Crippen LogP contribution is 2.45. The molecule has 1 aromatic carbocycles. The summed E-state index contributed by atoms with van der Waals surface area (Å²) in [5.74, 6) is -0.293. The van der Waals surface area contributed by atoms with Gasteiger partial charge in [-0.3, -0.25) is 19.5 Å². The quantitative estimate of drug-likeness (QED) is 0.493. The van der Waals surface area contributed by atoms with Gasteiger partial charge in [0.2, 0.25) is 11.8 Å². The summed E-state index contributed by atoms with van der Waals surface area (Å²) in [6.07, 6.45) is 3.91. The van der Waals surface area contributed by atoms with Crippen LogP contribution in [0.2, 0.25) is 0 Å². The van der Waals surface area contributed by atoms with Crippen LogP contribution in [0, 0.1) is 11.3 Å². The average Bonchev–Trinajstić information content (AvgIpc) is 3.65. The van der Waals surface area contributed by atoms with E-state index in [1.54, 1.807) is 6.20 Å². The van der Waals surface area contributed by atoms with Gasteiger partial charge in [0.15, 0.2) is 0 Å². The Kier molecular flexibility index (Phi) is 6.03. The highest BCUT2D eigenvalue weighted by atomic mass is 32.1. The number of thiophene rings is 1. The number of hydrogen-bond acceptors (Lipinski definition) is 7. The van der Waals surface area contributed by atoms with E-state index in [-0.39, 0.29) is 36.7 Å². The number of anilines is 1. The second-order valence-electron chi connectivity index (χ2n) is 10.2. The SMILES string of the molecule is C[C@@H](c1cc2nccc(-c3cc(C#N)cc4c3N([C@H]3CCN(C(=O)O)C3)CCC4)c2s1)N1C(=O)CCC1=O. The van der Waals surface area contributed by atoms with Gasteiger partial charge in [-0.15, -0.1) is 11.3 Å². The van der Waals surface area contributed by atoms with Crippen molar-refractivity contribution in [3.05, 3.63) is 46.5 Å². The van der Waals surface area contributed by atoms with E-state index in [4.69, 9.17) is 0 Å². The van der Waals surface area contributed by atoms with Gasteiger partial charge in [-0.05, 0) is 56.0 Å². The largest absolute Gasteiger partial charge is 0.465 e. The van der Waals surface area contributed by atoms with Crippen LogP contribution >= 0.6 is 11.3 Å². The van der Waals surface area contributed by atoms with Crippen molar-refractivity contribution in [1.29, 1.82) is 5.26 Å². The maximum atomic E-state index is 12.4. The molecule has 2 aromatic heterocycles. The van der Waals surface area contributed by atoms with Gasteiger partial charge in [-0.1, -0.05) is 0 Å². The van der Waals surface area contributed by atoms with Gasteiger partial charge in [0, 0.05) is 66.4 Å². The molecule has 2 atom stereocenters. The molecule has 0 radical (unpaired) electrons. The summed E-state index contributed by atoms with van der Waals surface area (Å²) in [5.41, 5.74) is 5.42. The van der Waals surface area contributed by atoms with Crippen molar-refractivity contribution in [2.75, 3.05) is 24.5 Å². The fourth-order valence-electron chi connectivity index (χ4n) is 6.11. The molecule has 0 saturated carbocycles. The Labute approximate surface area is 223 Å². The molecule has 10 heteroatoms. The maximum Gasteiger partial charge on any atom is 0.407 e. The summed E-state index contributed by atoms with van der Waals surface area (Å²) < 4.78 is 0.940. The maximum absolute atomic E-state index is 12.4. The zero-order chi connectivity index (χ0) is 26.6. The van der Waals surface area contributed by atoms with Crippen LogP contribution in [0.5, 0.6) is 0 Å². The van der Waals surface area contributed by atoms with Gasteiger partial charge in [-0.25, -0.2) is 4.79 Å². The number of nitrogens with zero attached hydrogens (tertiary/aromatic N) is 5. The van der Waals surface area contributed by atoms with Crippen molar-refractivity contribution in [2.24, 2.45) is 0 Å². The molecular weight excluding hydrogens is 502 g/mol. The molecule has 9 nitrogen and oxygen atoms in total. The molecule has 3 aliphatic rings. The predicted molar refractivity (Wildman–Crippen MR) is 143 cm³/mol. The Bertz CT molecular complexity index is 1510. The first-order valence-corrected chi connectivity index (χ1v) is 13.7. The lowest BCUT2D eigenvalue weighted by atomic mass is 9.90. The first kappa shape index (κ1) is 24.4. The fraction of sp³-hybridized carbons (Fsp3) is 0.393. The number of imide groups is 1. The number of fused-ring (bicyclic) bond motifs is 2. The topological polar surface area (TPSA) is 118 Å². The monoisotopic (exact) mass is 529 g/mol. The lowest BCUT2D eigenvalue weighted by Crippen LogP contribution is -2.42. The molecule has 38 heavy (non-hydrogen) atoms. The third-order valence-corrected chi connectivity index (χ3v) is 9.26. The standard InChI is InChI=1S/C28H27N5O4S/c1-16(33-24(34)4-5-25(33)35)23-13-22-27(38-23)20(6-8-30-22)21-12-17(14-29)11-18-3-2-9-32(26(18)21)19-7-10-31(15-19)28(36)37/h6,8,11-13,16,19H,2-5,7,9-10,15H2,1H3,(H,36,37)/t16-,19-/m0/s1. The zero-order valence-corrected chi connectivity index (χ0v) is 21.8. The highest BCUT2D eigenvalue weighted by molar-refractivity contribution is 7.19. The summed E-state index contributed by atoms with van der Waals surface area (Å²) in [6.45, 7) is 3.67. The van der Waals surface area contributed by atoms with Crippen molar-refractivity contribution >= 4 is 45.1 Å². The minimum atomic E-state index is -0.893. The predicted octanol–water partition coefficient (Wildman–Crippen LogP) is 4.55. The second kappa shape index (κ2) is 9.40. The summed E-state index contributed by atoms with van der Waals surface area (Å²) in [6, 6.07) is 9.80. The van der Waals surface area contributed by atoms with E-state index in [1.165, 1.54) is 21.1 Å². The molecule has 0 bridgehead atoms. The van der Waals surface area contributed by atoms with Crippen LogP contribution in [0.3, 0.4) is 0 Å². The third kappa shape index (κ3) is 3.98. The number of carbonyl (C=O) groups excluding carboxylic acids is 2. The van der Waals surface area contributed by atoms with Crippen molar-refractivity contribution < 1.29 is 19.5 Å². The van der Waals surface area contributed by atoms with Crippen LogP contribution < -0.4 is 4.90 Å². The minimum Gasteiger partial charge on any atom is -0.465 e. The van der Waals surface area contributed by atoms with Gasteiger partial charge < -0.3 is 14.9 Å². The zero-order valence-electron chi connectivity index (χ0n) is 21.0. The minimum absolute atomic E-state index is 0.0697. The Morgan fingerprint density at radius 2 is 1.95 bits per heavy atom. The fourth-order valence-corrected chi connectivity index (χ4v) is 7.29. The number of benzene rings is 1. The Morgan fingerprint density at radius 1 is 1.16 bits per heavy atom. The van der Waals surface area contributed by atoms with Crippen LogP contribution in [-0.2, 0) is 16.0 Å². The summed E-state index contributed by atoms with van der Waals surface area (Å²) >= 11 is 1.52. The number of carbonyl (C=O) groups is 3. The summed E-state index contributed by atoms with van der Waals surface area (Å²) in [4.78, 5) is 47.0. The number of hydrogen-bond donors (Lipinski definition) is 1. The number of rotatable bonds is 4. The number of carboxylic acid groups (broad SMARTS) is 1. The lowest BCUT2D eigenvalue weighted by Gasteiger charge is -2.38. The van der Waals surface area contributed by atoms with Crippen LogP contribution in [0.4, 0.5) is 10.5 Å². The van der Waals surface area contributed by atoms with Crippen LogP contribution in [0.25, 0.3) is 21.3 Å². The Balaban J connectivity index is 1.47. The van der Waals surface area contributed by atoms with Gasteiger partial charge >= 0.3 is 6.09 Å². The number of aromatic nitrogens is 1. The number of likely N-dealkylation sites (tertiary alicyclic amines) is 2. The van der Waals surface area contributed by atoms with Crippen LogP contribution in [0.15, 0.2) is 30.5 Å². The van der Waals surface area contributed by atoms with E-state index in [1.807, 2.05) is 31.2 Å². The van der Waals surface area contributed by atoms with E-state index in [0.717, 1.165) is 63.3 Å². The number of aryl methyl sites for hydroxylation is 1. The van der Waals surface area contributed by atoms with Crippen molar-refractivity contribution in [3.63, 3.8) is 0 Å². The van der Waals surface area contributed by atoms with E-state index in [2.05, 4.69) is 16.0 Å². The van der Waals surface area contributed by atoms with Gasteiger partial charge in [-0.2, -0.15) is 5.26 Å². The summed E-state index contributed by atoms with van der Waals surface area (Å²) in [7, 11) is 0. The first-order valence-electron chi connectivity index (χ1n) is 12.9. The normalized spacial score (nSPS) is 20.2. The molecule has 5 heterocycles. The molecule has 6 rings (SSSR count). The van der Waals surface area contributed by atoms with E-state index in [0.29, 0.717) is 18.7 Å². The molecule has 0 aliphatic carbocycles. The highest BCUT2D eigenvalue weighted by Gasteiger charge is 2.36. The second-order valence-corrected chi connectivity index (χ2v) is 11.3. The van der Waals surface area contributed by atoms with Crippen molar-refractivity contribution in [2.45, 2.75) is 51.1 Å². The molecule has 1 N–H and O–H groups in total. The van der Waals surface area contributed by atoms with Crippen molar-refractivity contribution in [1.82, 2.24) is 14.8 Å². The van der Waals surface area contributed by atoms with Gasteiger partial charge in [0.1, 0.15) is 0 Å². The number of amides is 3. The third-order valence-electron chi connectivity index (χ3n) is 7.94. The molecule has 2 fully saturated rings. The molecule has 3 amide bonds. The number of pyridine rings is 1. The van der Waals surface area contributed by atoms with Crippen LogP contribution in [0.1, 0.15) is 54.7 Å². The van der Waals surface area contributed by atoms with Crippen LogP contribution in [-0.4, -0.2) is 63.5 Å². The lowest BCUT2D eigenvalue weighted by molar-refractivity contribution is -0.140. The average molecular weight is 530 g/mol. The molecule has 3 aromatic rings. The van der Waals surface area contributed by atoms with E-state index in [9.17, 15) is 24.8 Å². The smallest absolute Gasteiger partial charge is 0.407 e.